The van der Waals surface area contributed by atoms with Gasteiger partial charge in [-0.15, -0.1) is 0 Å². The lowest BCUT2D eigenvalue weighted by atomic mass is 9.74. The van der Waals surface area contributed by atoms with Crippen LogP contribution in [0.3, 0.4) is 0 Å². The van der Waals surface area contributed by atoms with Crippen LogP contribution in [0.2, 0.25) is 0 Å². The molecule has 0 amide bonds. The van der Waals surface area contributed by atoms with E-state index in [0.717, 1.165) is 6.20 Å². The van der Waals surface area contributed by atoms with Crippen molar-refractivity contribution in [2.45, 2.75) is 36.8 Å². The average Bonchev–Trinajstić information content (AvgIpc) is 3.11. The van der Waals surface area contributed by atoms with Gasteiger partial charge in [-0.2, -0.15) is 13.2 Å². The van der Waals surface area contributed by atoms with E-state index in [1.54, 1.807) is 4.72 Å². The first-order valence-corrected chi connectivity index (χ1v) is 10.0. The molecule has 31 heavy (non-hydrogen) atoms. The molecule has 0 saturated heterocycles. The number of sulfonamides is 1. The molecule has 14 heteroatoms. The van der Waals surface area contributed by atoms with E-state index in [2.05, 4.69) is 14.7 Å². The SMILES string of the molecule is [2H]C([2H])([2H])Oc1nc(C(F)(F)F)c(F)cc1NS(=O)(=O)c1c[nH]c2c1CCC(CO)(C(F)F)C2. The second-order valence-electron chi connectivity index (χ2n) is 6.98. The van der Waals surface area contributed by atoms with Gasteiger partial charge in [-0.1, -0.05) is 0 Å². The first-order chi connectivity index (χ1) is 15.5. The highest BCUT2D eigenvalue weighted by Crippen LogP contribution is 2.42. The first kappa shape index (κ1) is 19.2. The Kier molecular flexibility index (Phi) is 4.89. The van der Waals surface area contributed by atoms with Crippen molar-refractivity contribution in [1.29, 1.82) is 0 Å². The van der Waals surface area contributed by atoms with E-state index >= 15 is 0 Å². The zero-order valence-electron chi connectivity index (χ0n) is 18.4. The van der Waals surface area contributed by atoms with E-state index in [4.69, 9.17) is 4.11 Å². The second kappa shape index (κ2) is 7.89. The number of hydrogen-bond donors (Lipinski definition) is 3. The number of alkyl halides is 5. The molecule has 1 unspecified atom stereocenters. The Bertz CT molecular complexity index is 1190. The van der Waals surface area contributed by atoms with Crippen LogP contribution in [0.15, 0.2) is 17.2 Å². The van der Waals surface area contributed by atoms with Gasteiger partial charge in [0.1, 0.15) is 10.6 Å². The topological polar surface area (TPSA) is 104 Å². The average molecular weight is 476 g/mol. The summed E-state index contributed by atoms with van der Waals surface area (Å²) < 4.78 is 133. The third kappa shape index (κ3) is 4.18. The Hall–Kier alpha value is -2.48. The van der Waals surface area contributed by atoms with Crippen molar-refractivity contribution in [3.63, 3.8) is 0 Å². The van der Waals surface area contributed by atoms with Crippen LogP contribution in [0, 0.1) is 11.2 Å². The highest BCUT2D eigenvalue weighted by Gasteiger charge is 2.44. The van der Waals surface area contributed by atoms with Crippen LogP contribution in [-0.4, -0.2) is 43.6 Å². The van der Waals surface area contributed by atoms with E-state index in [9.17, 15) is 39.9 Å². The normalized spacial score (nSPS) is 21.2. The number of nitrogens with zero attached hydrogens (tertiary/aromatic N) is 1. The number of H-pyrrole nitrogens is 1. The highest BCUT2D eigenvalue weighted by molar-refractivity contribution is 7.92. The maximum absolute atomic E-state index is 14.0. The third-order valence-corrected chi connectivity index (χ3v) is 6.49. The summed E-state index contributed by atoms with van der Waals surface area (Å²) in [5.41, 5.74) is -4.76. The summed E-state index contributed by atoms with van der Waals surface area (Å²) in [5, 5.41) is 9.42. The predicted molar refractivity (Wildman–Crippen MR) is 94.9 cm³/mol. The van der Waals surface area contributed by atoms with Gasteiger partial charge in [-0.05, 0) is 18.4 Å². The lowest BCUT2D eigenvalue weighted by Crippen LogP contribution is -2.39. The Morgan fingerprint density at radius 1 is 1.45 bits per heavy atom. The van der Waals surface area contributed by atoms with Crippen LogP contribution in [0.4, 0.5) is 32.0 Å². The highest BCUT2D eigenvalue weighted by atomic mass is 32.2. The molecule has 1 atom stereocenters. The fourth-order valence-electron chi connectivity index (χ4n) is 3.37. The molecule has 3 rings (SSSR count). The zero-order valence-corrected chi connectivity index (χ0v) is 16.2. The van der Waals surface area contributed by atoms with E-state index in [1.165, 1.54) is 0 Å². The number of aliphatic hydroxyl groups excluding tert-OH is 1. The summed E-state index contributed by atoms with van der Waals surface area (Å²) in [5.74, 6) is -3.34. The van der Waals surface area contributed by atoms with Gasteiger partial charge in [0.05, 0.1) is 23.2 Å². The fraction of sp³-hybridized carbons (Fsp3) is 0.471. The lowest BCUT2D eigenvalue weighted by molar-refractivity contribution is -0.143. The van der Waals surface area contributed by atoms with Crippen molar-refractivity contribution in [2.75, 3.05) is 18.4 Å². The number of pyridine rings is 1. The molecule has 0 spiro atoms. The van der Waals surface area contributed by atoms with Gasteiger partial charge in [-0.25, -0.2) is 26.6 Å². The number of methoxy groups -OCH3 is 1. The van der Waals surface area contributed by atoms with Gasteiger partial charge in [0.25, 0.3) is 10.0 Å². The molecular formula is C17H17F6N3O4S. The number of nitrogens with one attached hydrogen (secondary N) is 2. The predicted octanol–water partition coefficient (Wildman–Crippen LogP) is 3.11. The smallest absolute Gasteiger partial charge is 0.436 e. The van der Waals surface area contributed by atoms with Crippen LogP contribution in [0.5, 0.6) is 5.88 Å². The number of aromatic nitrogens is 2. The molecular weight excluding hydrogens is 456 g/mol. The molecule has 0 aromatic carbocycles. The van der Waals surface area contributed by atoms with E-state index in [-0.39, 0.29) is 36.6 Å². The van der Waals surface area contributed by atoms with Gasteiger partial charge in [0.2, 0.25) is 12.3 Å². The third-order valence-electron chi connectivity index (χ3n) is 5.06. The molecule has 2 aromatic rings. The summed E-state index contributed by atoms with van der Waals surface area (Å²) >= 11 is 0. The number of hydrogen-bond acceptors (Lipinski definition) is 5. The van der Waals surface area contributed by atoms with E-state index in [0.29, 0.717) is 0 Å². The molecule has 172 valence electrons. The molecule has 0 radical (unpaired) electrons. The van der Waals surface area contributed by atoms with Crippen molar-refractivity contribution in [3.05, 3.63) is 35.0 Å². The van der Waals surface area contributed by atoms with E-state index in [1.807, 2.05) is 0 Å². The molecule has 0 fully saturated rings. The zero-order chi connectivity index (χ0) is 25.7. The van der Waals surface area contributed by atoms with Crippen molar-refractivity contribution in [3.8, 4) is 5.88 Å². The van der Waals surface area contributed by atoms with Crippen molar-refractivity contribution in [1.82, 2.24) is 9.97 Å². The van der Waals surface area contributed by atoms with Crippen LogP contribution in [0.1, 0.15) is 27.5 Å². The summed E-state index contributed by atoms with van der Waals surface area (Å²) in [6.45, 7) is -0.851. The molecule has 0 bridgehead atoms. The Balaban J connectivity index is 2.01. The maximum atomic E-state index is 14.0. The van der Waals surface area contributed by atoms with Gasteiger partial charge >= 0.3 is 6.18 Å². The number of halogens is 6. The molecule has 2 heterocycles. The number of fused-ring (bicyclic) bond motifs is 1. The monoisotopic (exact) mass is 476 g/mol. The molecule has 7 nitrogen and oxygen atoms in total. The standard InChI is InChI=1S/C17H17F6N3O4S/c1-30-14-10(4-9(18)13(25-14)17(21,22)23)26-31(28,29)12-6-24-11-5-16(7-27,15(19)20)3-2-8(11)12/h4,6,15,24,26-27H,2-3,5,7H2,1H3/i1D3. The van der Waals surface area contributed by atoms with Crippen molar-refractivity contribution >= 4 is 15.7 Å². The minimum atomic E-state index is -5.34. The molecule has 0 saturated carbocycles. The number of rotatable bonds is 6. The van der Waals surface area contributed by atoms with Gasteiger partial charge in [0, 0.05) is 24.4 Å². The molecule has 0 aliphatic heterocycles. The molecule has 3 N–H and O–H groups in total. The van der Waals surface area contributed by atoms with Crippen LogP contribution in [-0.2, 0) is 29.0 Å². The number of aliphatic hydroxyl groups is 1. The van der Waals surface area contributed by atoms with Gasteiger partial charge < -0.3 is 14.8 Å². The Morgan fingerprint density at radius 2 is 2.16 bits per heavy atom. The Morgan fingerprint density at radius 3 is 2.74 bits per heavy atom. The van der Waals surface area contributed by atoms with Crippen LogP contribution >= 0.6 is 0 Å². The molecule has 2 aromatic heterocycles. The number of aromatic amines is 1. The number of ether oxygens (including phenoxy) is 1. The summed E-state index contributed by atoms with van der Waals surface area (Å²) in [4.78, 5) is 4.85. The Labute approximate surface area is 176 Å². The lowest BCUT2D eigenvalue weighted by Gasteiger charge is -2.34. The minimum Gasteiger partial charge on any atom is -0.479 e. The minimum absolute atomic E-state index is 0.0706. The number of anilines is 1. The van der Waals surface area contributed by atoms with Crippen LogP contribution < -0.4 is 9.46 Å². The first-order valence-electron chi connectivity index (χ1n) is 10.1. The van der Waals surface area contributed by atoms with Crippen molar-refractivity contribution < 1.29 is 48.7 Å². The fourth-order valence-corrected chi connectivity index (χ4v) is 4.68. The summed E-state index contributed by atoms with van der Waals surface area (Å²) in [6, 6.07) is 0.0706. The van der Waals surface area contributed by atoms with E-state index < -0.39 is 69.7 Å². The molecule has 1 aliphatic rings. The van der Waals surface area contributed by atoms with Gasteiger partial charge in [-0.3, -0.25) is 4.72 Å². The second-order valence-corrected chi connectivity index (χ2v) is 8.64. The summed E-state index contributed by atoms with van der Waals surface area (Å²) in [6.07, 6.45) is -8.14. The largest absolute Gasteiger partial charge is 0.479 e. The molecule has 1 aliphatic carbocycles. The van der Waals surface area contributed by atoms with Crippen molar-refractivity contribution in [2.24, 2.45) is 5.41 Å². The van der Waals surface area contributed by atoms with Gasteiger partial charge in [0.15, 0.2) is 11.5 Å². The maximum Gasteiger partial charge on any atom is 0.436 e. The van der Waals surface area contributed by atoms with Crippen LogP contribution in [0.25, 0.3) is 0 Å². The summed E-state index contributed by atoms with van der Waals surface area (Å²) in [7, 11) is -8.06. The quantitative estimate of drug-likeness (QED) is 0.556.